The fraction of sp³-hybridized carbons (Fsp3) is 0.516. The average Bonchev–Trinajstić information content (AvgIpc) is 3.04. The maximum atomic E-state index is 13.6. The molecule has 1 saturated carbocycles. The fourth-order valence-corrected chi connectivity index (χ4v) is 6.86. The first kappa shape index (κ1) is 31.8. The molecule has 1 amide bonds. The van der Waals surface area contributed by atoms with Crippen molar-refractivity contribution in [1.82, 2.24) is 9.21 Å². The molecule has 1 aliphatic carbocycles. The molecular weight excluding hydrogens is 560 g/mol. The predicted molar refractivity (Wildman–Crippen MR) is 158 cm³/mol. The third kappa shape index (κ3) is 7.83. The summed E-state index contributed by atoms with van der Waals surface area (Å²) in [5.74, 6) is 1.18. The van der Waals surface area contributed by atoms with E-state index in [0.29, 0.717) is 12.2 Å². The van der Waals surface area contributed by atoms with E-state index in [9.17, 15) is 18.3 Å². The summed E-state index contributed by atoms with van der Waals surface area (Å²) in [4.78, 5) is 15.4. The molecule has 42 heavy (non-hydrogen) atoms. The molecule has 1 fully saturated rings. The van der Waals surface area contributed by atoms with Crippen molar-refractivity contribution in [3.63, 3.8) is 0 Å². The van der Waals surface area contributed by atoms with E-state index in [-0.39, 0.29) is 54.8 Å². The molecule has 0 spiro atoms. The topological polar surface area (TPSA) is 115 Å². The van der Waals surface area contributed by atoms with Crippen molar-refractivity contribution in [2.75, 3.05) is 47.6 Å². The van der Waals surface area contributed by atoms with Gasteiger partial charge in [-0.15, -0.1) is 0 Å². The van der Waals surface area contributed by atoms with E-state index in [1.807, 2.05) is 37.4 Å². The number of methoxy groups -OCH3 is 2. The number of nitrogens with zero attached hydrogens (tertiary/aromatic N) is 2. The number of hydrogen-bond acceptors (Lipinski definition) is 8. The Hall–Kier alpha value is -3.12. The van der Waals surface area contributed by atoms with Crippen LogP contribution in [0.15, 0.2) is 65.3 Å². The highest BCUT2D eigenvalue weighted by Gasteiger charge is 2.33. The number of carbonyl (C=O) groups excluding carboxylic acids is 1. The normalized spacial score (nSPS) is 19.6. The average molecular weight is 603 g/mol. The number of rotatable bonds is 13. The van der Waals surface area contributed by atoms with Gasteiger partial charge in [-0.1, -0.05) is 31.4 Å². The lowest BCUT2D eigenvalue weighted by Crippen LogP contribution is -2.41. The van der Waals surface area contributed by atoms with Crippen molar-refractivity contribution < 1.29 is 37.3 Å². The van der Waals surface area contributed by atoms with Crippen LogP contribution in [0.3, 0.4) is 0 Å². The van der Waals surface area contributed by atoms with Gasteiger partial charge in [-0.2, -0.15) is 4.31 Å². The van der Waals surface area contributed by atoms with Gasteiger partial charge in [0.1, 0.15) is 11.5 Å². The lowest BCUT2D eigenvalue weighted by atomic mass is 9.92. The van der Waals surface area contributed by atoms with Crippen LogP contribution in [-0.2, 0) is 24.3 Å². The standard InChI is InChI=1S/C31H42N2O8S/c1-32(25-7-5-4-6-8-25)31(35)29-21-24(23-9-11-26(38-2)12-10-23)22-30(41-29)40-20-18-33(17-19-34)42(36,37)28-15-13-27(39-3)14-16-28/h9-16,21,24-25,30,34H,4-8,17-20,22H2,1-3H3/t24-,30+/m1/s1. The highest BCUT2D eigenvalue weighted by molar-refractivity contribution is 7.89. The molecule has 2 aromatic rings. The summed E-state index contributed by atoms with van der Waals surface area (Å²) in [6.07, 6.45) is 6.88. The Morgan fingerprint density at radius 2 is 1.57 bits per heavy atom. The van der Waals surface area contributed by atoms with Gasteiger partial charge in [0, 0.05) is 38.5 Å². The Morgan fingerprint density at radius 1 is 0.952 bits per heavy atom. The van der Waals surface area contributed by atoms with Gasteiger partial charge in [0.05, 0.1) is 32.3 Å². The molecule has 10 nitrogen and oxygen atoms in total. The molecule has 0 bridgehead atoms. The molecule has 2 atom stereocenters. The molecule has 0 radical (unpaired) electrons. The minimum atomic E-state index is -3.89. The summed E-state index contributed by atoms with van der Waals surface area (Å²) >= 11 is 0. The molecule has 0 saturated heterocycles. The van der Waals surface area contributed by atoms with Crippen LogP contribution in [0.4, 0.5) is 0 Å². The number of aliphatic hydroxyl groups excluding tert-OH is 1. The smallest absolute Gasteiger partial charge is 0.288 e. The van der Waals surface area contributed by atoms with Gasteiger partial charge in [-0.05, 0) is 60.9 Å². The quantitative estimate of drug-likeness (QED) is 0.367. The largest absolute Gasteiger partial charge is 0.497 e. The zero-order valence-electron chi connectivity index (χ0n) is 24.6. The highest BCUT2D eigenvalue weighted by atomic mass is 32.2. The molecular formula is C31H42N2O8S. The Labute approximate surface area is 248 Å². The molecule has 2 aliphatic rings. The number of likely N-dealkylation sites (N-methyl/N-ethyl adjacent to an activating group) is 1. The number of sulfonamides is 1. The number of ether oxygens (including phenoxy) is 4. The second-order valence-corrected chi connectivity index (χ2v) is 12.5. The zero-order chi connectivity index (χ0) is 30.1. The molecule has 2 aromatic carbocycles. The van der Waals surface area contributed by atoms with Crippen LogP contribution in [0.1, 0.15) is 50.0 Å². The van der Waals surface area contributed by atoms with Crippen LogP contribution in [-0.4, -0.2) is 88.5 Å². The molecule has 230 valence electrons. The van der Waals surface area contributed by atoms with Crippen molar-refractivity contribution in [3.8, 4) is 11.5 Å². The number of hydrogen-bond donors (Lipinski definition) is 1. The SMILES string of the molecule is COc1ccc([C@@H]2C=C(C(=O)N(C)C3CCCCC3)O[C@H](OCCN(CCO)S(=O)(=O)c3ccc(OC)cc3)C2)cc1. The van der Waals surface area contributed by atoms with Gasteiger partial charge in [0.2, 0.25) is 16.3 Å². The summed E-state index contributed by atoms with van der Waals surface area (Å²) in [5.41, 5.74) is 0.988. The van der Waals surface area contributed by atoms with Crippen molar-refractivity contribution in [2.45, 2.75) is 61.7 Å². The molecule has 0 aromatic heterocycles. The summed E-state index contributed by atoms with van der Waals surface area (Å²) in [7, 11) is 1.06. The van der Waals surface area contributed by atoms with Crippen molar-refractivity contribution in [3.05, 3.63) is 65.9 Å². The van der Waals surface area contributed by atoms with E-state index in [1.54, 1.807) is 24.1 Å². The van der Waals surface area contributed by atoms with Crippen molar-refractivity contribution in [1.29, 1.82) is 0 Å². The van der Waals surface area contributed by atoms with Gasteiger partial charge in [0.15, 0.2) is 5.76 Å². The van der Waals surface area contributed by atoms with Gasteiger partial charge in [0.25, 0.3) is 5.91 Å². The Balaban J connectivity index is 1.47. The second kappa shape index (κ2) is 14.9. The monoisotopic (exact) mass is 602 g/mol. The molecule has 1 N–H and O–H groups in total. The molecule has 0 unspecified atom stereocenters. The minimum Gasteiger partial charge on any atom is -0.497 e. The first-order chi connectivity index (χ1) is 20.3. The van der Waals surface area contributed by atoms with Crippen LogP contribution in [0.2, 0.25) is 0 Å². The van der Waals surface area contributed by atoms with Gasteiger partial charge < -0.3 is 29.0 Å². The maximum absolute atomic E-state index is 13.6. The van der Waals surface area contributed by atoms with Gasteiger partial charge in [-0.25, -0.2) is 8.42 Å². The van der Waals surface area contributed by atoms with Crippen molar-refractivity contribution in [2.24, 2.45) is 0 Å². The third-order valence-corrected chi connectivity index (χ3v) is 9.86. The van der Waals surface area contributed by atoms with Crippen molar-refractivity contribution >= 4 is 15.9 Å². The summed E-state index contributed by atoms with van der Waals surface area (Å²) in [6.45, 7) is -0.427. The summed E-state index contributed by atoms with van der Waals surface area (Å²) in [5, 5.41) is 9.58. The lowest BCUT2D eigenvalue weighted by molar-refractivity contribution is -0.153. The Kier molecular flexibility index (Phi) is 11.3. The highest BCUT2D eigenvalue weighted by Crippen LogP contribution is 2.34. The van der Waals surface area contributed by atoms with Crippen LogP contribution in [0, 0.1) is 0 Å². The number of carbonyl (C=O) groups is 1. The predicted octanol–water partition coefficient (Wildman–Crippen LogP) is 3.91. The molecule has 1 aliphatic heterocycles. The summed E-state index contributed by atoms with van der Waals surface area (Å²) in [6, 6.07) is 13.9. The fourth-order valence-electron chi connectivity index (χ4n) is 5.45. The van der Waals surface area contributed by atoms with E-state index >= 15 is 0 Å². The van der Waals surface area contributed by atoms with Crippen LogP contribution in [0.5, 0.6) is 11.5 Å². The number of benzene rings is 2. The van der Waals surface area contributed by atoms with Crippen LogP contribution >= 0.6 is 0 Å². The molecule has 11 heteroatoms. The van der Waals surface area contributed by atoms with E-state index in [1.165, 1.54) is 30.0 Å². The maximum Gasteiger partial charge on any atom is 0.288 e. The minimum absolute atomic E-state index is 0.00302. The lowest BCUT2D eigenvalue weighted by Gasteiger charge is -2.35. The Morgan fingerprint density at radius 3 is 2.17 bits per heavy atom. The molecule has 1 heterocycles. The third-order valence-electron chi connectivity index (χ3n) is 7.95. The van der Waals surface area contributed by atoms with Gasteiger partial charge >= 0.3 is 0 Å². The first-order valence-corrected chi connectivity index (χ1v) is 15.9. The van der Waals surface area contributed by atoms with E-state index in [2.05, 4.69) is 0 Å². The second-order valence-electron chi connectivity index (χ2n) is 10.6. The number of amides is 1. The molecule has 4 rings (SSSR count). The summed E-state index contributed by atoms with van der Waals surface area (Å²) < 4.78 is 50.3. The number of allylic oxidation sites excluding steroid dienone is 1. The first-order valence-electron chi connectivity index (χ1n) is 14.4. The van der Waals surface area contributed by atoms with Gasteiger partial charge in [-0.3, -0.25) is 4.79 Å². The van der Waals surface area contributed by atoms with Crippen LogP contribution in [0.25, 0.3) is 0 Å². The van der Waals surface area contributed by atoms with E-state index in [0.717, 1.165) is 37.0 Å². The zero-order valence-corrected chi connectivity index (χ0v) is 25.4. The van der Waals surface area contributed by atoms with Crippen LogP contribution < -0.4 is 9.47 Å². The van der Waals surface area contributed by atoms with E-state index < -0.39 is 16.3 Å². The number of aliphatic hydroxyl groups is 1. The Bertz CT molecular complexity index is 1290. The van der Waals surface area contributed by atoms with E-state index in [4.69, 9.17) is 18.9 Å².